The Hall–Kier alpha value is -2.79. The number of aromatic nitrogens is 2. The second kappa shape index (κ2) is 8.54. The predicted octanol–water partition coefficient (Wildman–Crippen LogP) is 2.97. The molecule has 0 unspecified atom stereocenters. The average Bonchev–Trinajstić information content (AvgIpc) is 3.16. The van der Waals surface area contributed by atoms with Crippen molar-refractivity contribution in [2.45, 2.75) is 33.7 Å². The molecule has 26 heavy (non-hydrogen) atoms. The van der Waals surface area contributed by atoms with E-state index in [1.807, 2.05) is 26.0 Å². The van der Waals surface area contributed by atoms with Gasteiger partial charge in [0, 0.05) is 28.6 Å². The molecule has 0 aliphatic rings. The molecule has 0 atom stereocenters. The Morgan fingerprint density at radius 1 is 1.35 bits per heavy atom. The fourth-order valence-electron chi connectivity index (χ4n) is 2.59. The number of amides is 2. The fraction of sp³-hybridized carbons (Fsp3) is 0.278. The molecule has 0 saturated carbocycles. The summed E-state index contributed by atoms with van der Waals surface area (Å²) in [5.74, 6) is -1.19. The molecule has 0 bridgehead atoms. The van der Waals surface area contributed by atoms with Gasteiger partial charge in [0.05, 0.1) is 0 Å². The number of H-pyrrole nitrogens is 1. The largest absolute Gasteiger partial charge is 0.356 e. The van der Waals surface area contributed by atoms with Crippen LogP contribution in [0.1, 0.15) is 40.8 Å². The predicted molar refractivity (Wildman–Crippen MR) is 102 cm³/mol. The molecule has 7 nitrogen and oxygen atoms in total. The molecule has 0 aliphatic heterocycles. The summed E-state index contributed by atoms with van der Waals surface area (Å²) in [7, 11) is 0. The number of nitriles is 1. The topological polar surface area (TPSA) is 103 Å². The zero-order valence-electron chi connectivity index (χ0n) is 14.8. The number of nitrogens with zero attached hydrogens (tertiary/aromatic N) is 2. The number of aryl methyl sites for hydroxylation is 1. The van der Waals surface area contributed by atoms with Gasteiger partial charge in [0.1, 0.15) is 17.3 Å². The summed E-state index contributed by atoms with van der Waals surface area (Å²) in [6, 6.07) is 5.39. The van der Waals surface area contributed by atoms with Crippen LogP contribution in [0.15, 0.2) is 28.4 Å². The van der Waals surface area contributed by atoms with Gasteiger partial charge < -0.3 is 9.55 Å². The van der Waals surface area contributed by atoms with Gasteiger partial charge in [-0.3, -0.25) is 20.4 Å². The van der Waals surface area contributed by atoms with E-state index >= 15 is 0 Å². The molecule has 0 aliphatic carbocycles. The standard InChI is InChI=1S/C18H20BrN5O2/c1-4-5-24-11(2)6-13(12(24)3)7-14(9-20)17(25)22-23-18(26)16-8-15(19)10-21-16/h6-8,10,21H,4-5H2,1-3H3,(H,22,25)(H,23,26)/b14-7+. The maximum absolute atomic E-state index is 12.2. The zero-order chi connectivity index (χ0) is 19.3. The maximum Gasteiger partial charge on any atom is 0.286 e. The van der Waals surface area contributed by atoms with Crippen LogP contribution in [0.2, 0.25) is 0 Å². The minimum absolute atomic E-state index is 0.0882. The van der Waals surface area contributed by atoms with Crippen LogP contribution in [0, 0.1) is 25.2 Å². The van der Waals surface area contributed by atoms with Crippen LogP contribution in [-0.2, 0) is 11.3 Å². The van der Waals surface area contributed by atoms with E-state index in [1.165, 1.54) is 6.08 Å². The number of hydrogen-bond acceptors (Lipinski definition) is 3. The number of nitrogens with one attached hydrogen (secondary N) is 3. The third-order valence-corrected chi connectivity index (χ3v) is 4.36. The summed E-state index contributed by atoms with van der Waals surface area (Å²) >= 11 is 3.22. The van der Waals surface area contributed by atoms with E-state index in [0.717, 1.165) is 29.9 Å². The van der Waals surface area contributed by atoms with Gasteiger partial charge in [0.2, 0.25) is 0 Å². The fourth-order valence-corrected chi connectivity index (χ4v) is 2.94. The van der Waals surface area contributed by atoms with Crippen molar-refractivity contribution in [3.63, 3.8) is 0 Å². The molecule has 3 N–H and O–H groups in total. The molecule has 0 spiro atoms. The SMILES string of the molecule is CCCn1c(C)cc(/C=C(\C#N)C(=O)NNC(=O)c2cc(Br)c[nH]2)c1C. The van der Waals surface area contributed by atoms with Gasteiger partial charge in [-0.05, 0) is 60.0 Å². The Balaban J connectivity index is 2.11. The van der Waals surface area contributed by atoms with Crippen molar-refractivity contribution in [1.82, 2.24) is 20.4 Å². The highest BCUT2D eigenvalue weighted by atomic mass is 79.9. The first-order valence-electron chi connectivity index (χ1n) is 8.10. The maximum atomic E-state index is 12.2. The van der Waals surface area contributed by atoms with Crippen LogP contribution in [-0.4, -0.2) is 21.4 Å². The van der Waals surface area contributed by atoms with Crippen LogP contribution in [0.4, 0.5) is 0 Å². The normalized spacial score (nSPS) is 11.1. The van der Waals surface area contributed by atoms with E-state index in [0.29, 0.717) is 4.47 Å². The first-order chi connectivity index (χ1) is 12.4. The average molecular weight is 418 g/mol. The Morgan fingerprint density at radius 2 is 2.08 bits per heavy atom. The molecule has 0 aromatic carbocycles. The number of rotatable bonds is 5. The minimum atomic E-state index is -0.674. The summed E-state index contributed by atoms with van der Waals surface area (Å²) in [6.45, 7) is 6.91. The van der Waals surface area contributed by atoms with Crippen molar-refractivity contribution in [2.75, 3.05) is 0 Å². The van der Waals surface area contributed by atoms with Crippen LogP contribution >= 0.6 is 15.9 Å². The minimum Gasteiger partial charge on any atom is -0.356 e. The highest BCUT2D eigenvalue weighted by Gasteiger charge is 2.14. The van der Waals surface area contributed by atoms with Gasteiger partial charge in [-0.1, -0.05) is 6.92 Å². The van der Waals surface area contributed by atoms with Crippen molar-refractivity contribution in [1.29, 1.82) is 5.26 Å². The van der Waals surface area contributed by atoms with Crippen molar-refractivity contribution in [2.24, 2.45) is 0 Å². The molecule has 2 rings (SSSR count). The number of hydrogen-bond donors (Lipinski definition) is 3. The van der Waals surface area contributed by atoms with Crippen LogP contribution < -0.4 is 10.9 Å². The van der Waals surface area contributed by atoms with E-state index in [9.17, 15) is 14.9 Å². The summed E-state index contributed by atoms with van der Waals surface area (Å²) in [6.07, 6.45) is 4.12. The van der Waals surface area contributed by atoms with Gasteiger partial charge in [0.25, 0.3) is 11.8 Å². The first-order valence-corrected chi connectivity index (χ1v) is 8.89. The van der Waals surface area contributed by atoms with Crippen molar-refractivity contribution < 1.29 is 9.59 Å². The zero-order valence-corrected chi connectivity index (χ0v) is 16.4. The second-order valence-electron chi connectivity index (χ2n) is 5.79. The van der Waals surface area contributed by atoms with E-state index in [2.05, 4.69) is 43.3 Å². The molecular formula is C18H20BrN5O2. The number of halogens is 1. The molecule has 2 amide bonds. The monoisotopic (exact) mass is 417 g/mol. The lowest BCUT2D eigenvalue weighted by atomic mass is 10.1. The molecule has 136 valence electrons. The number of carbonyl (C=O) groups is 2. The molecule has 0 saturated heterocycles. The van der Waals surface area contributed by atoms with Crippen molar-refractivity contribution in [3.05, 3.63) is 51.0 Å². The molecule has 8 heteroatoms. The van der Waals surface area contributed by atoms with Crippen LogP contribution in [0.25, 0.3) is 6.08 Å². The second-order valence-corrected chi connectivity index (χ2v) is 6.70. The third-order valence-electron chi connectivity index (χ3n) is 3.91. The Labute approximate surface area is 160 Å². The first kappa shape index (κ1) is 19.5. The quantitative estimate of drug-likeness (QED) is 0.395. The lowest BCUT2D eigenvalue weighted by Gasteiger charge is -2.07. The van der Waals surface area contributed by atoms with Gasteiger partial charge in [0.15, 0.2) is 0 Å². The molecule has 2 aromatic rings. The summed E-state index contributed by atoms with van der Waals surface area (Å²) in [4.78, 5) is 26.9. The van der Waals surface area contributed by atoms with Crippen molar-refractivity contribution in [3.8, 4) is 6.07 Å². The number of aromatic amines is 1. The van der Waals surface area contributed by atoms with Gasteiger partial charge in [-0.15, -0.1) is 0 Å². The molecular weight excluding hydrogens is 398 g/mol. The summed E-state index contributed by atoms with van der Waals surface area (Å²) < 4.78 is 2.86. The Morgan fingerprint density at radius 3 is 2.65 bits per heavy atom. The smallest absolute Gasteiger partial charge is 0.286 e. The third kappa shape index (κ3) is 4.43. The highest BCUT2D eigenvalue weighted by Crippen LogP contribution is 2.18. The number of hydrazine groups is 1. The van der Waals surface area contributed by atoms with E-state index < -0.39 is 11.8 Å². The lowest BCUT2D eigenvalue weighted by Crippen LogP contribution is -2.42. The molecule has 0 fully saturated rings. The highest BCUT2D eigenvalue weighted by molar-refractivity contribution is 9.10. The number of carbonyl (C=O) groups excluding carboxylic acids is 2. The van der Waals surface area contributed by atoms with Gasteiger partial charge in [-0.25, -0.2) is 0 Å². The van der Waals surface area contributed by atoms with E-state index in [4.69, 9.17) is 0 Å². The van der Waals surface area contributed by atoms with Crippen LogP contribution in [0.3, 0.4) is 0 Å². The molecule has 0 radical (unpaired) electrons. The Bertz CT molecular complexity index is 901. The molecule has 2 aromatic heterocycles. The van der Waals surface area contributed by atoms with Crippen molar-refractivity contribution >= 4 is 33.8 Å². The van der Waals surface area contributed by atoms with Crippen LogP contribution in [0.5, 0.6) is 0 Å². The molecule has 2 heterocycles. The van der Waals surface area contributed by atoms with E-state index in [1.54, 1.807) is 12.3 Å². The summed E-state index contributed by atoms with van der Waals surface area (Å²) in [5.41, 5.74) is 7.59. The van der Waals surface area contributed by atoms with Gasteiger partial charge in [-0.2, -0.15) is 5.26 Å². The Kier molecular flexibility index (Phi) is 6.41. The van der Waals surface area contributed by atoms with E-state index in [-0.39, 0.29) is 11.3 Å². The van der Waals surface area contributed by atoms with Gasteiger partial charge >= 0.3 is 0 Å². The summed E-state index contributed by atoms with van der Waals surface area (Å²) in [5, 5.41) is 9.30. The lowest BCUT2D eigenvalue weighted by molar-refractivity contribution is -0.117.